The number of hydrogen-bond donors (Lipinski definition) is 0. The Labute approximate surface area is 123 Å². The number of alkyl halides is 1. The van der Waals surface area contributed by atoms with Crippen LogP contribution in [0.1, 0.15) is 11.1 Å². The van der Waals surface area contributed by atoms with E-state index < -0.39 is 16.4 Å². The van der Waals surface area contributed by atoms with Crippen molar-refractivity contribution in [1.82, 2.24) is 0 Å². The summed E-state index contributed by atoms with van der Waals surface area (Å²) in [5.41, 5.74) is 1.44. The molecule has 0 aliphatic carbocycles. The second-order valence-electron chi connectivity index (χ2n) is 4.21. The number of rotatable bonds is 4. The van der Waals surface area contributed by atoms with Gasteiger partial charge in [0.1, 0.15) is 11.5 Å². The van der Waals surface area contributed by atoms with E-state index in [-0.39, 0.29) is 5.75 Å². The Bertz CT molecular complexity index is 661. The number of nitro benzene ring substituents is 1. The second kappa shape index (κ2) is 6.00. The van der Waals surface area contributed by atoms with Crippen LogP contribution < -0.4 is 4.74 Å². The van der Waals surface area contributed by atoms with Crippen molar-refractivity contribution in [2.45, 2.75) is 12.3 Å². The quantitative estimate of drug-likeness (QED) is 0.459. The van der Waals surface area contributed by atoms with Crippen molar-refractivity contribution in [3.8, 4) is 11.5 Å². The average Bonchev–Trinajstić information content (AvgIpc) is 2.40. The SMILES string of the molecule is Cc1cc(CBr)ccc1Oc1ccc([N+](=O)[O-])c(F)c1. The molecule has 0 amide bonds. The van der Waals surface area contributed by atoms with Crippen LogP contribution in [0.2, 0.25) is 0 Å². The van der Waals surface area contributed by atoms with Gasteiger partial charge in [0, 0.05) is 17.5 Å². The van der Waals surface area contributed by atoms with Crippen molar-refractivity contribution >= 4 is 21.6 Å². The largest absolute Gasteiger partial charge is 0.457 e. The van der Waals surface area contributed by atoms with Gasteiger partial charge in [-0.2, -0.15) is 4.39 Å². The van der Waals surface area contributed by atoms with Gasteiger partial charge in [-0.05, 0) is 30.2 Å². The van der Waals surface area contributed by atoms with Crippen LogP contribution in [0.4, 0.5) is 10.1 Å². The summed E-state index contributed by atoms with van der Waals surface area (Å²) in [6.07, 6.45) is 0. The Balaban J connectivity index is 2.26. The third kappa shape index (κ3) is 3.14. The summed E-state index contributed by atoms with van der Waals surface area (Å²) in [6, 6.07) is 9.10. The van der Waals surface area contributed by atoms with Gasteiger partial charge >= 0.3 is 5.69 Å². The van der Waals surface area contributed by atoms with E-state index in [0.29, 0.717) is 5.75 Å². The molecule has 20 heavy (non-hydrogen) atoms. The molecule has 0 saturated heterocycles. The lowest BCUT2D eigenvalue weighted by atomic mass is 10.1. The number of hydrogen-bond acceptors (Lipinski definition) is 3. The first-order valence-corrected chi connectivity index (χ1v) is 6.90. The first-order valence-electron chi connectivity index (χ1n) is 5.78. The average molecular weight is 340 g/mol. The Kier molecular flexibility index (Phi) is 4.34. The van der Waals surface area contributed by atoms with Crippen LogP contribution in [0, 0.1) is 22.9 Å². The molecule has 0 heterocycles. The van der Waals surface area contributed by atoms with Crippen LogP contribution in [-0.2, 0) is 5.33 Å². The number of benzene rings is 2. The van der Waals surface area contributed by atoms with Crippen molar-refractivity contribution in [1.29, 1.82) is 0 Å². The van der Waals surface area contributed by atoms with E-state index in [4.69, 9.17) is 4.74 Å². The Hall–Kier alpha value is -1.95. The van der Waals surface area contributed by atoms with Gasteiger partial charge in [-0.25, -0.2) is 0 Å². The summed E-state index contributed by atoms with van der Waals surface area (Å²) in [4.78, 5) is 9.77. The first kappa shape index (κ1) is 14.5. The molecule has 4 nitrogen and oxygen atoms in total. The van der Waals surface area contributed by atoms with E-state index in [9.17, 15) is 14.5 Å². The van der Waals surface area contributed by atoms with Crippen LogP contribution in [0.5, 0.6) is 11.5 Å². The third-order valence-corrected chi connectivity index (χ3v) is 3.38. The van der Waals surface area contributed by atoms with Gasteiger partial charge in [0.25, 0.3) is 0 Å². The van der Waals surface area contributed by atoms with E-state index in [1.54, 1.807) is 6.07 Å². The van der Waals surface area contributed by atoms with E-state index in [0.717, 1.165) is 28.6 Å². The zero-order valence-corrected chi connectivity index (χ0v) is 12.2. The minimum absolute atomic E-state index is 0.225. The molecule has 0 radical (unpaired) electrons. The van der Waals surface area contributed by atoms with Crippen LogP contribution in [0.15, 0.2) is 36.4 Å². The lowest BCUT2D eigenvalue weighted by molar-refractivity contribution is -0.387. The lowest BCUT2D eigenvalue weighted by Gasteiger charge is -2.09. The minimum Gasteiger partial charge on any atom is -0.457 e. The van der Waals surface area contributed by atoms with Gasteiger partial charge in [0.2, 0.25) is 5.82 Å². The van der Waals surface area contributed by atoms with Gasteiger partial charge in [0.15, 0.2) is 0 Å². The second-order valence-corrected chi connectivity index (χ2v) is 4.77. The summed E-state index contributed by atoms with van der Waals surface area (Å²) >= 11 is 3.36. The van der Waals surface area contributed by atoms with Gasteiger partial charge in [-0.15, -0.1) is 0 Å². The summed E-state index contributed by atoms with van der Waals surface area (Å²) in [5, 5.41) is 11.3. The molecule has 2 rings (SSSR count). The van der Waals surface area contributed by atoms with Crippen molar-refractivity contribution in [3.05, 3.63) is 63.5 Å². The van der Waals surface area contributed by atoms with Crippen LogP contribution in [0.3, 0.4) is 0 Å². The van der Waals surface area contributed by atoms with Crippen LogP contribution in [-0.4, -0.2) is 4.92 Å². The van der Waals surface area contributed by atoms with Crippen LogP contribution in [0.25, 0.3) is 0 Å². The Morgan fingerprint density at radius 1 is 1.30 bits per heavy atom. The van der Waals surface area contributed by atoms with Crippen LogP contribution >= 0.6 is 15.9 Å². The number of nitro groups is 1. The molecule has 0 saturated carbocycles. The third-order valence-electron chi connectivity index (χ3n) is 2.74. The highest BCUT2D eigenvalue weighted by atomic mass is 79.9. The Morgan fingerprint density at radius 2 is 2.05 bits per heavy atom. The fourth-order valence-electron chi connectivity index (χ4n) is 1.74. The van der Waals surface area contributed by atoms with Gasteiger partial charge in [-0.1, -0.05) is 28.1 Å². The monoisotopic (exact) mass is 339 g/mol. The smallest absolute Gasteiger partial charge is 0.305 e. The standard InChI is InChI=1S/C14H11BrFNO3/c1-9-6-10(8-15)2-5-14(9)20-11-3-4-13(17(18)19)12(16)7-11/h2-7H,8H2,1H3. The zero-order chi connectivity index (χ0) is 14.7. The molecule has 0 N–H and O–H groups in total. The molecule has 0 bridgehead atoms. The predicted octanol–water partition coefficient (Wildman–Crippen LogP) is 4.73. The molecule has 0 unspecified atom stereocenters. The molecule has 2 aromatic rings. The predicted molar refractivity (Wildman–Crippen MR) is 76.9 cm³/mol. The summed E-state index contributed by atoms with van der Waals surface area (Å²) in [7, 11) is 0. The van der Waals surface area contributed by atoms with Crippen molar-refractivity contribution in [2.24, 2.45) is 0 Å². The van der Waals surface area contributed by atoms with Crippen molar-refractivity contribution in [2.75, 3.05) is 0 Å². The fraction of sp³-hybridized carbons (Fsp3) is 0.143. The highest BCUT2D eigenvalue weighted by molar-refractivity contribution is 9.08. The number of halogens is 2. The maximum absolute atomic E-state index is 13.5. The van der Waals surface area contributed by atoms with E-state index in [1.807, 2.05) is 19.1 Å². The molecule has 0 aromatic heterocycles. The zero-order valence-electron chi connectivity index (χ0n) is 10.6. The minimum atomic E-state index is -0.915. The van der Waals surface area contributed by atoms with Crippen molar-refractivity contribution < 1.29 is 14.1 Å². The summed E-state index contributed by atoms with van der Waals surface area (Å²) in [6.45, 7) is 1.88. The van der Waals surface area contributed by atoms with Gasteiger partial charge in [0.05, 0.1) is 4.92 Å². The number of nitrogens with zero attached hydrogens (tertiary/aromatic N) is 1. The topological polar surface area (TPSA) is 52.4 Å². The number of ether oxygens (including phenoxy) is 1. The molecule has 0 aliphatic heterocycles. The van der Waals surface area contributed by atoms with E-state index in [1.165, 1.54) is 6.07 Å². The highest BCUT2D eigenvalue weighted by Gasteiger charge is 2.14. The van der Waals surface area contributed by atoms with Gasteiger partial charge in [-0.3, -0.25) is 10.1 Å². The molecule has 0 atom stereocenters. The van der Waals surface area contributed by atoms with E-state index in [2.05, 4.69) is 15.9 Å². The van der Waals surface area contributed by atoms with E-state index >= 15 is 0 Å². The maximum atomic E-state index is 13.5. The summed E-state index contributed by atoms with van der Waals surface area (Å²) < 4.78 is 19.0. The molecule has 0 spiro atoms. The summed E-state index contributed by atoms with van der Waals surface area (Å²) in [5.74, 6) is -0.104. The molecule has 2 aromatic carbocycles. The first-order chi connectivity index (χ1) is 9.51. The molecule has 104 valence electrons. The molecule has 0 aliphatic rings. The maximum Gasteiger partial charge on any atom is 0.305 e. The molecule has 0 fully saturated rings. The molecular formula is C14H11BrFNO3. The Morgan fingerprint density at radius 3 is 2.60 bits per heavy atom. The normalized spacial score (nSPS) is 10.3. The number of aryl methyl sites for hydroxylation is 1. The fourth-order valence-corrected chi connectivity index (χ4v) is 2.08. The molecular weight excluding hydrogens is 329 g/mol. The lowest BCUT2D eigenvalue weighted by Crippen LogP contribution is -1.94. The molecule has 6 heteroatoms. The van der Waals surface area contributed by atoms with Gasteiger partial charge < -0.3 is 4.74 Å². The van der Waals surface area contributed by atoms with Crippen molar-refractivity contribution in [3.63, 3.8) is 0 Å². The highest BCUT2D eigenvalue weighted by Crippen LogP contribution is 2.29.